The molecule has 2 aromatic heterocycles. The number of aromatic nitrogens is 3. The van der Waals surface area contributed by atoms with E-state index in [2.05, 4.69) is 15.4 Å². The Bertz CT molecular complexity index is 521. The number of anilines is 1. The Morgan fingerprint density at radius 2 is 2.29 bits per heavy atom. The van der Waals surface area contributed by atoms with Gasteiger partial charge in [0.05, 0.1) is 16.8 Å². The average Bonchev–Trinajstić information content (AvgIpc) is 2.81. The van der Waals surface area contributed by atoms with Crippen molar-refractivity contribution < 1.29 is 4.79 Å². The molecule has 1 N–H and O–H groups in total. The Kier molecular flexibility index (Phi) is 3.39. The third-order valence-corrected chi connectivity index (χ3v) is 2.41. The van der Waals surface area contributed by atoms with Crippen molar-refractivity contribution in [3.8, 4) is 0 Å². The maximum atomic E-state index is 11.8. The summed E-state index contributed by atoms with van der Waals surface area (Å²) in [6.45, 7) is 2.68. The molecule has 0 saturated carbocycles. The lowest BCUT2D eigenvalue weighted by Gasteiger charge is -2.01. The summed E-state index contributed by atoms with van der Waals surface area (Å²) in [5.41, 5.74) is 0.503. The third kappa shape index (κ3) is 2.82. The molecular weight excluding hydrogens is 240 g/mol. The predicted octanol–water partition coefficient (Wildman–Crippen LogP) is 2.20. The summed E-state index contributed by atoms with van der Waals surface area (Å²) in [5, 5.41) is 7.22. The summed E-state index contributed by atoms with van der Waals surface area (Å²) >= 11 is 5.70. The molecular formula is C11H11ClN4O. The summed E-state index contributed by atoms with van der Waals surface area (Å²) < 4.78 is 1.68. The quantitative estimate of drug-likeness (QED) is 0.909. The third-order valence-electron chi connectivity index (χ3n) is 2.19. The highest BCUT2D eigenvalue weighted by Gasteiger charge is 2.08. The van der Waals surface area contributed by atoms with Crippen LogP contribution in [0.25, 0.3) is 0 Å². The predicted molar refractivity (Wildman–Crippen MR) is 65.1 cm³/mol. The van der Waals surface area contributed by atoms with Crippen LogP contribution in [0.1, 0.15) is 17.3 Å². The fourth-order valence-corrected chi connectivity index (χ4v) is 1.40. The van der Waals surface area contributed by atoms with E-state index in [1.807, 2.05) is 6.92 Å². The van der Waals surface area contributed by atoms with Crippen molar-refractivity contribution in [2.45, 2.75) is 13.5 Å². The number of aryl methyl sites for hydroxylation is 1. The van der Waals surface area contributed by atoms with Gasteiger partial charge in [-0.05, 0) is 19.1 Å². The molecule has 0 aliphatic carbocycles. The van der Waals surface area contributed by atoms with E-state index in [1.165, 1.54) is 12.4 Å². The smallest absolute Gasteiger partial charge is 0.260 e. The molecule has 2 heterocycles. The number of hydrogen-bond acceptors (Lipinski definition) is 3. The zero-order chi connectivity index (χ0) is 12.3. The molecule has 0 bridgehead atoms. The Hall–Kier alpha value is -1.88. The van der Waals surface area contributed by atoms with Gasteiger partial charge in [-0.3, -0.25) is 9.48 Å². The fraction of sp³-hybridized carbons (Fsp3) is 0.182. The van der Waals surface area contributed by atoms with E-state index >= 15 is 0 Å². The van der Waals surface area contributed by atoms with Crippen LogP contribution in [-0.4, -0.2) is 20.7 Å². The highest BCUT2D eigenvalue weighted by molar-refractivity contribution is 6.30. The van der Waals surface area contributed by atoms with Crippen LogP contribution in [-0.2, 0) is 6.54 Å². The maximum absolute atomic E-state index is 11.8. The summed E-state index contributed by atoms with van der Waals surface area (Å²) in [6.07, 6.45) is 4.69. The summed E-state index contributed by atoms with van der Waals surface area (Å²) in [7, 11) is 0. The van der Waals surface area contributed by atoms with Gasteiger partial charge in [-0.25, -0.2) is 4.98 Å². The Balaban J connectivity index is 2.08. The van der Waals surface area contributed by atoms with E-state index in [1.54, 1.807) is 23.0 Å². The number of pyridine rings is 1. The van der Waals surface area contributed by atoms with Crippen LogP contribution in [0.15, 0.2) is 30.7 Å². The number of halogens is 1. The molecule has 0 atom stereocenters. The maximum Gasteiger partial charge on any atom is 0.260 e. The van der Waals surface area contributed by atoms with E-state index in [0.29, 0.717) is 16.4 Å². The molecule has 2 rings (SSSR count). The number of carbonyl (C=O) groups is 1. The fourth-order valence-electron chi connectivity index (χ4n) is 1.29. The number of carbonyl (C=O) groups excluding carboxylic acids is 1. The highest BCUT2D eigenvalue weighted by atomic mass is 35.5. The van der Waals surface area contributed by atoms with Crippen LogP contribution in [0.2, 0.25) is 5.02 Å². The first kappa shape index (κ1) is 11.6. The van der Waals surface area contributed by atoms with Gasteiger partial charge in [-0.2, -0.15) is 5.10 Å². The Morgan fingerprint density at radius 1 is 1.47 bits per heavy atom. The topological polar surface area (TPSA) is 59.8 Å². The number of hydrogen-bond donors (Lipinski definition) is 1. The van der Waals surface area contributed by atoms with Crippen molar-refractivity contribution in [1.82, 2.24) is 14.8 Å². The van der Waals surface area contributed by atoms with Crippen molar-refractivity contribution in [2.75, 3.05) is 5.32 Å². The van der Waals surface area contributed by atoms with Gasteiger partial charge >= 0.3 is 0 Å². The van der Waals surface area contributed by atoms with Crippen molar-refractivity contribution in [2.24, 2.45) is 0 Å². The monoisotopic (exact) mass is 250 g/mol. The number of nitrogens with one attached hydrogen (secondary N) is 1. The molecule has 6 heteroatoms. The van der Waals surface area contributed by atoms with Crippen LogP contribution in [0.4, 0.5) is 5.82 Å². The standard InChI is InChI=1S/C11H11ClN4O/c1-2-16-7-8(5-14-16)11(17)15-10-4-3-9(12)6-13-10/h3-7H,2H2,1H3,(H,13,15,17). The molecule has 5 nitrogen and oxygen atoms in total. The molecule has 0 aliphatic heterocycles. The van der Waals surface area contributed by atoms with Gasteiger partial charge in [0.2, 0.25) is 0 Å². The summed E-state index contributed by atoms with van der Waals surface area (Å²) in [6, 6.07) is 3.31. The van der Waals surface area contributed by atoms with Crippen molar-refractivity contribution >= 4 is 23.3 Å². The molecule has 0 spiro atoms. The zero-order valence-corrected chi connectivity index (χ0v) is 9.98. The van der Waals surface area contributed by atoms with E-state index in [-0.39, 0.29) is 5.91 Å². The summed E-state index contributed by atoms with van der Waals surface area (Å²) in [5.74, 6) is 0.225. The van der Waals surface area contributed by atoms with Gasteiger partial charge in [0, 0.05) is 18.9 Å². The van der Waals surface area contributed by atoms with Crippen LogP contribution in [0.3, 0.4) is 0 Å². The molecule has 0 fully saturated rings. The summed E-state index contributed by atoms with van der Waals surface area (Å²) in [4.78, 5) is 15.8. The molecule has 0 saturated heterocycles. The molecule has 0 aromatic carbocycles. The van der Waals surface area contributed by atoms with Gasteiger partial charge in [0.25, 0.3) is 5.91 Å². The van der Waals surface area contributed by atoms with E-state index in [9.17, 15) is 4.79 Å². The minimum Gasteiger partial charge on any atom is -0.306 e. The van der Waals surface area contributed by atoms with Gasteiger partial charge in [-0.1, -0.05) is 11.6 Å². The normalized spacial score (nSPS) is 10.2. The van der Waals surface area contributed by atoms with Gasteiger partial charge in [0.1, 0.15) is 5.82 Å². The molecule has 2 aromatic rings. The molecule has 17 heavy (non-hydrogen) atoms. The van der Waals surface area contributed by atoms with Crippen molar-refractivity contribution in [3.05, 3.63) is 41.3 Å². The first-order chi connectivity index (χ1) is 8.19. The minimum atomic E-state index is -0.237. The SMILES string of the molecule is CCn1cc(C(=O)Nc2ccc(Cl)cn2)cn1. The van der Waals surface area contributed by atoms with E-state index in [0.717, 1.165) is 6.54 Å². The van der Waals surface area contributed by atoms with Gasteiger partial charge in [-0.15, -0.1) is 0 Å². The lowest BCUT2D eigenvalue weighted by atomic mass is 10.3. The zero-order valence-electron chi connectivity index (χ0n) is 9.22. The number of amides is 1. The van der Waals surface area contributed by atoms with Gasteiger partial charge in [0.15, 0.2) is 0 Å². The van der Waals surface area contributed by atoms with Crippen molar-refractivity contribution in [1.29, 1.82) is 0 Å². The molecule has 0 unspecified atom stereocenters. The van der Waals surface area contributed by atoms with Crippen LogP contribution in [0, 0.1) is 0 Å². The second kappa shape index (κ2) is 4.97. The van der Waals surface area contributed by atoms with Crippen LogP contribution in [0.5, 0.6) is 0 Å². The number of rotatable bonds is 3. The molecule has 0 aliphatic rings. The van der Waals surface area contributed by atoms with Crippen LogP contribution < -0.4 is 5.32 Å². The van der Waals surface area contributed by atoms with Crippen LogP contribution >= 0.6 is 11.6 Å². The lowest BCUT2D eigenvalue weighted by Crippen LogP contribution is -2.12. The Morgan fingerprint density at radius 3 is 2.88 bits per heavy atom. The highest BCUT2D eigenvalue weighted by Crippen LogP contribution is 2.10. The lowest BCUT2D eigenvalue weighted by molar-refractivity contribution is 0.102. The molecule has 0 radical (unpaired) electrons. The Labute approximate surface area is 103 Å². The average molecular weight is 251 g/mol. The first-order valence-electron chi connectivity index (χ1n) is 5.14. The second-order valence-electron chi connectivity index (χ2n) is 3.40. The molecule has 88 valence electrons. The van der Waals surface area contributed by atoms with Crippen molar-refractivity contribution in [3.63, 3.8) is 0 Å². The minimum absolute atomic E-state index is 0.237. The van der Waals surface area contributed by atoms with E-state index in [4.69, 9.17) is 11.6 Å². The number of nitrogens with zero attached hydrogens (tertiary/aromatic N) is 3. The largest absolute Gasteiger partial charge is 0.306 e. The first-order valence-corrected chi connectivity index (χ1v) is 5.52. The van der Waals surface area contributed by atoms with E-state index < -0.39 is 0 Å². The molecule has 1 amide bonds. The second-order valence-corrected chi connectivity index (χ2v) is 3.84. The van der Waals surface area contributed by atoms with Gasteiger partial charge < -0.3 is 5.32 Å².